The molecule has 0 fully saturated rings. The average molecular weight is 278 g/mol. The summed E-state index contributed by atoms with van der Waals surface area (Å²) in [4.78, 5) is 0. The van der Waals surface area contributed by atoms with Crippen molar-refractivity contribution in [2.45, 2.75) is 27.7 Å². The van der Waals surface area contributed by atoms with Crippen molar-refractivity contribution in [3.8, 4) is 0 Å². The number of hydrogen-bond donors (Lipinski definition) is 0. The summed E-state index contributed by atoms with van der Waals surface area (Å²) >= 11 is 0. The van der Waals surface area contributed by atoms with Gasteiger partial charge in [0, 0.05) is 0 Å². The van der Waals surface area contributed by atoms with Crippen LogP contribution in [0.4, 0.5) is 0 Å². The summed E-state index contributed by atoms with van der Waals surface area (Å²) in [5, 5.41) is 0. The summed E-state index contributed by atoms with van der Waals surface area (Å²) in [7, 11) is 0. The van der Waals surface area contributed by atoms with Gasteiger partial charge in [0.05, 0.1) is 0 Å². The van der Waals surface area contributed by atoms with Gasteiger partial charge in [0.2, 0.25) is 0 Å². The molecular weight excluding hydrogens is 259 g/mol. The Labute approximate surface area is 112 Å². The predicted octanol–water partition coefficient (Wildman–Crippen LogP) is 4.04. The Morgan fingerprint density at radius 1 is 1.07 bits per heavy atom. The van der Waals surface area contributed by atoms with E-state index < -0.39 is 0 Å². The molecule has 1 heteroatoms. The molecule has 0 aliphatic rings. The van der Waals surface area contributed by atoms with Crippen molar-refractivity contribution in [2.75, 3.05) is 0 Å². The quantitative estimate of drug-likeness (QED) is 0.638. The van der Waals surface area contributed by atoms with Gasteiger partial charge in [-0.3, -0.25) is 0 Å². The van der Waals surface area contributed by atoms with Crippen molar-refractivity contribution in [1.29, 1.82) is 0 Å². The standard InChI is InChI=1S/C9H13.C5H5.Zr/c1-6-5-7(2)9(4)8(6)3;1-2-4-5-3-1;/h5H,1-4H3;1-5H;/q2*-1;+2. The third-order valence-electron chi connectivity index (χ3n) is 2.73. The van der Waals surface area contributed by atoms with Crippen molar-refractivity contribution in [3.05, 3.63) is 58.7 Å². The molecule has 0 nitrogen and oxygen atoms in total. The second-order valence-electron chi connectivity index (χ2n) is 3.72. The largest absolute Gasteiger partial charge is 2.00 e. The van der Waals surface area contributed by atoms with Gasteiger partial charge in [-0.2, -0.15) is 46.5 Å². The summed E-state index contributed by atoms with van der Waals surface area (Å²) in [6.07, 6.45) is 0. The van der Waals surface area contributed by atoms with E-state index in [-0.39, 0.29) is 26.2 Å². The van der Waals surface area contributed by atoms with E-state index in [1.54, 1.807) is 0 Å². The first-order valence-electron chi connectivity index (χ1n) is 4.99. The zero-order valence-electron chi connectivity index (χ0n) is 9.96. The first kappa shape index (κ1) is 14.6. The van der Waals surface area contributed by atoms with Crippen molar-refractivity contribution in [2.24, 2.45) is 0 Å². The van der Waals surface area contributed by atoms with Gasteiger partial charge in [-0.15, -0.1) is 0 Å². The molecule has 0 N–H and O–H groups in total. The molecule has 0 atom stereocenters. The predicted molar refractivity (Wildman–Crippen MR) is 63.0 cm³/mol. The Bertz CT molecular complexity index is 326. The van der Waals surface area contributed by atoms with Crippen LogP contribution in [0, 0.1) is 27.7 Å². The fourth-order valence-corrected chi connectivity index (χ4v) is 1.45. The van der Waals surface area contributed by atoms with Crippen molar-refractivity contribution < 1.29 is 26.2 Å². The van der Waals surface area contributed by atoms with Crippen molar-refractivity contribution >= 4 is 0 Å². The van der Waals surface area contributed by atoms with Crippen LogP contribution in [0.5, 0.6) is 0 Å². The van der Waals surface area contributed by atoms with Crippen LogP contribution in [0.1, 0.15) is 22.3 Å². The first-order chi connectivity index (χ1) is 6.63. The van der Waals surface area contributed by atoms with Crippen LogP contribution in [0.3, 0.4) is 0 Å². The van der Waals surface area contributed by atoms with Crippen LogP contribution in [-0.4, -0.2) is 0 Å². The number of aryl methyl sites for hydroxylation is 2. The van der Waals surface area contributed by atoms with Crippen molar-refractivity contribution in [1.82, 2.24) is 0 Å². The number of rotatable bonds is 0. The van der Waals surface area contributed by atoms with E-state index in [9.17, 15) is 0 Å². The molecule has 0 aliphatic carbocycles. The van der Waals surface area contributed by atoms with Gasteiger partial charge in [-0.05, 0) is 0 Å². The van der Waals surface area contributed by atoms with Gasteiger partial charge in [-0.25, -0.2) is 12.1 Å². The first-order valence-corrected chi connectivity index (χ1v) is 4.99. The van der Waals surface area contributed by atoms with Gasteiger partial charge in [0.1, 0.15) is 0 Å². The maximum atomic E-state index is 2.24. The molecule has 0 amide bonds. The Balaban J connectivity index is 0.000000280. The fourth-order valence-electron chi connectivity index (χ4n) is 1.45. The fraction of sp³-hybridized carbons (Fsp3) is 0.286. The Morgan fingerprint density at radius 3 is 1.73 bits per heavy atom. The Morgan fingerprint density at radius 2 is 1.60 bits per heavy atom. The van der Waals surface area contributed by atoms with Crippen LogP contribution in [0.25, 0.3) is 0 Å². The minimum Gasteiger partial charge on any atom is -0.214 e. The molecule has 78 valence electrons. The van der Waals surface area contributed by atoms with Crippen LogP contribution in [0.2, 0.25) is 0 Å². The van der Waals surface area contributed by atoms with Gasteiger partial charge >= 0.3 is 26.2 Å². The topological polar surface area (TPSA) is 0 Å². The van der Waals surface area contributed by atoms with E-state index in [1.165, 1.54) is 22.3 Å². The molecule has 2 aromatic carbocycles. The molecule has 0 bridgehead atoms. The molecule has 2 rings (SSSR count). The third-order valence-corrected chi connectivity index (χ3v) is 2.73. The summed E-state index contributed by atoms with van der Waals surface area (Å²) in [6.45, 7) is 8.68. The van der Waals surface area contributed by atoms with Gasteiger partial charge in [0.25, 0.3) is 0 Å². The Hall–Kier alpha value is -0.417. The normalized spacial score (nSPS) is 8.80. The molecule has 0 heterocycles. The summed E-state index contributed by atoms with van der Waals surface area (Å²) in [5.41, 5.74) is 5.75. The van der Waals surface area contributed by atoms with Gasteiger partial charge in [-0.1, -0.05) is 27.7 Å². The van der Waals surface area contributed by atoms with Crippen LogP contribution in [0.15, 0.2) is 36.4 Å². The minimum absolute atomic E-state index is 0. The second-order valence-corrected chi connectivity index (χ2v) is 3.72. The minimum atomic E-state index is 0. The van der Waals surface area contributed by atoms with E-state index in [2.05, 4.69) is 33.8 Å². The molecule has 0 spiro atoms. The van der Waals surface area contributed by atoms with E-state index in [0.29, 0.717) is 0 Å². The maximum absolute atomic E-state index is 2.24. The monoisotopic (exact) mass is 276 g/mol. The third kappa shape index (κ3) is 4.30. The summed E-state index contributed by atoms with van der Waals surface area (Å²) < 4.78 is 0. The smallest absolute Gasteiger partial charge is 0.214 e. The molecule has 0 aromatic heterocycles. The van der Waals surface area contributed by atoms with E-state index in [1.807, 2.05) is 30.3 Å². The molecule has 0 unspecified atom stereocenters. The molecule has 0 saturated carbocycles. The zero-order valence-corrected chi connectivity index (χ0v) is 12.4. The Kier molecular flexibility index (Phi) is 6.76. The van der Waals surface area contributed by atoms with Gasteiger partial charge in [0.15, 0.2) is 0 Å². The summed E-state index contributed by atoms with van der Waals surface area (Å²) in [5.74, 6) is 0. The molecule has 0 radical (unpaired) electrons. The second kappa shape index (κ2) is 6.96. The average Bonchev–Trinajstić information content (AvgIpc) is 2.78. The molecule has 2 aromatic rings. The van der Waals surface area contributed by atoms with Crippen LogP contribution in [-0.2, 0) is 26.2 Å². The van der Waals surface area contributed by atoms with E-state index >= 15 is 0 Å². The van der Waals surface area contributed by atoms with Crippen LogP contribution < -0.4 is 0 Å². The molecule has 15 heavy (non-hydrogen) atoms. The zero-order chi connectivity index (χ0) is 10.6. The van der Waals surface area contributed by atoms with Gasteiger partial charge < -0.3 is 0 Å². The van der Waals surface area contributed by atoms with E-state index in [4.69, 9.17) is 0 Å². The molecule has 0 aliphatic heterocycles. The molecule has 0 saturated heterocycles. The number of hydrogen-bond acceptors (Lipinski definition) is 0. The maximum Gasteiger partial charge on any atom is 2.00 e. The van der Waals surface area contributed by atoms with Crippen molar-refractivity contribution in [3.63, 3.8) is 0 Å². The van der Waals surface area contributed by atoms with Crippen LogP contribution >= 0.6 is 0 Å². The molecular formula is C14H18Zr. The summed E-state index contributed by atoms with van der Waals surface area (Å²) in [6, 6.07) is 12.2. The SMILES string of the molecule is Cc1c[c-](C)c(C)c1C.[Zr+2].c1cc[cH-]c1. The van der Waals surface area contributed by atoms with E-state index in [0.717, 1.165) is 0 Å².